The summed E-state index contributed by atoms with van der Waals surface area (Å²) >= 11 is 3.41. The lowest BCUT2D eigenvalue weighted by atomic mass is 9.88. The monoisotopic (exact) mass is 298 g/mol. The van der Waals surface area contributed by atoms with Crippen LogP contribution in [0.3, 0.4) is 0 Å². The van der Waals surface area contributed by atoms with E-state index in [4.69, 9.17) is 0 Å². The maximum atomic E-state index is 12.4. The minimum atomic E-state index is 0.150. The van der Waals surface area contributed by atoms with Crippen LogP contribution >= 0.6 is 15.9 Å². The van der Waals surface area contributed by atoms with E-state index in [0.717, 1.165) is 35.6 Å². The molecular weight excluding hydrogens is 280 g/mol. The van der Waals surface area contributed by atoms with E-state index in [1.54, 1.807) is 0 Å². The summed E-state index contributed by atoms with van der Waals surface area (Å²) in [6, 6.07) is 1.89. The SMILES string of the molecule is CC1CCN(C(=O)c2cc(Br)cn2C)CC1C. The molecule has 2 unspecified atom stereocenters. The molecule has 1 aliphatic rings. The van der Waals surface area contributed by atoms with Crippen LogP contribution in [0.5, 0.6) is 0 Å². The van der Waals surface area contributed by atoms with E-state index in [2.05, 4.69) is 29.8 Å². The Hall–Kier alpha value is -0.770. The average Bonchev–Trinajstić information content (AvgIpc) is 2.61. The number of amides is 1. The number of nitrogens with zero attached hydrogens (tertiary/aromatic N) is 2. The van der Waals surface area contributed by atoms with Crippen LogP contribution in [0.25, 0.3) is 0 Å². The standard InChI is InChI=1S/C13H19BrN2O/c1-9-4-5-16(7-10(9)2)13(17)12-6-11(14)8-15(12)3/h6,8-10H,4-5,7H2,1-3H3. The third-order valence-corrected chi connectivity index (χ3v) is 4.25. The predicted octanol–water partition coefficient (Wildman–Crippen LogP) is 2.91. The number of aryl methyl sites for hydroxylation is 1. The number of piperidine rings is 1. The van der Waals surface area contributed by atoms with Crippen LogP contribution in [-0.2, 0) is 7.05 Å². The maximum absolute atomic E-state index is 12.4. The maximum Gasteiger partial charge on any atom is 0.270 e. The summed E-state index contributed by atoms with van der Waals surface area (Å²) in [7, 11) is 1.91. The molecule has 1 saturated heterocycles. The highest BCUT2D eigenvalue weighted by atomic mass is 79.9. The molecule has 2 heterocycles. The van der Waals surface area contributed by atoms with Crippen LogP contribution in [-0.4, -0.2) is 28.5 Å². The van der Waals surface area contributed by atoms with E-state index in [0.29, 0.717) is 5.92 Å². The van der Waals surface area contributed by atoms with Crippen LogP contribution in [0.2, 0.25) is 0 Å². The van der Waals surface area contributed by atoms with E-state index in [9.17, 15) is 4.79 Å². The molecule has 2 atom stereocenters. The molecule has 2 rings (SSSR count). The highest BCUT2D eigenvalue weighted by molar-refractivity contribution is 9.10. The largest absolute Gasteiger partial charge is 0.345 e. The van der Waals surface area contributed by atoms with Crippen molar-refractivity contribution in [2.45, 2.75) is 20.3 Å². The Labute approximate surface area is 111 Å². The number of carbonyl (C=O) groups is 1. The zero-order valence-electron chi connectivity index (χ0n) is 10.6. The fraction of sp³-hybridized carbons (Fsp3) is 0.615. The van der Waals surface area contributed by atoms with Crippen molar-refractivity contribution in [3.8, 4) is 0 Å². The summed E-state index contributed by atoms with van der Waals surface area (Å²) in [6.07, 6.45) is 3.03. The van der Waals surface area contributed by atoms with Gasteiger partial charge in [-0.25, -0.2) is 0 Å². The van der Waals surface area contributed by atoms with Gasteiger partial charge in [0.1, 0.15) is 5.69 Å². The lowest BCUT2D eigenvalue weighted by Gasteiger charge is -2.35. The Morgan fingerprint density at radius 3 is 2.65 bits per heavy atom. The number of carbonyl (C=O) groups excluding carboxylic acids is 1. The second-order valence-electron chi connectivity index (χ2n) is 5.15. The van der Waals surface area contributed by atoms with Crippen molar-refractivity contribution >= 4 is 21.8 Å². The first-order valence-electron chi connectivity index (χ1n) is 6.10. The number of hydrogen-bond donors (Lipinski definition) is 0. The van der Waals surface area contributed by atoms with Gasteiger partial charge < -0.3 is 9.47 Å². The van der Waals surface area contributed by atoms with Crippen molar-refractivity contribution in [1.82, 2.24) is 9.47 Å². The van der Waals surface area contributed by atoms with Crippen molar-refractivity contribution in [3.63, 3.8) is 0 Å². The smallest absolute Gasteiger partial charge is 0.270 e. The zero-order chi connectivity index (χ0) is 12.6. The molecule has 0 radical (unpaired) electrons. The molecule has 1 aliphatic heterocycles. The summed E-state index contributed by atoms with van der Waals surface area (Å²) in [5.74, 6) is 1.47. The Kier molecular flexibility index (Phi) is 3.61. The summed E-state index contributed by atoms with van der Waals surface area (Å²) in [4.78, 5) is 14.3. The second kappa shape index (κ2) is 4.84. The number of aromatic nitrogens is 1. The molecular formula is C13H19BrN2O. The van der Waals surface area contributed by atoms with Gasteiger partial charge >= 0.3 is 0 Å². The second-order valence-corrected chi connectivity index (χ2v) is 6.06. The molecule has 0 spiro atoms. The van der Waals surface area contributed by atoms with Gasteiger partial charge in [-0.1, -0.05) is 13.8 Å². The van der Waals surface area contributed by atoms with Crippen LogP contribution in [0.4, 0.5) is 0 Å². The van der Waals surface area contributed by atoms with E-state index in [1.165, 1.54) is 0 Å². The first-order chi connectivity index (χ1) is 7.99. The van der Waals surface area contributed by atoms with Gasteiger partial charge in [0.15, 0.2) is 0 Å². The van der Waals surface area contributed by atoms with E-state index in [1.807, 2.05) is 28.8 Å². The van der Waals surface area contributed by atoms with Gasteiger partial charge in [-0.2, -0.15) is 0 Å². The third-order valence-electron chi connectivity index (χ3n) is 3.81. The molecule has 3 nitrogen and oxygen atoms in total. The number of likely N-dealkylation sites (tertiary alicyclic amines) is 1. The molecule has 0 N–H and O–H groups in total. The van der Waals surface area contributed by atoms with Gasteiger partial charge in [0.2, 0.25) is 0 Å². The van der Waals surface area contributed by atoms with Gasteiger partial charge in [0.25, 0.3) is 5.91 Å². The Morgan fingerprint density at radius 1 is 1.41 bits per heavy atom. The molecule has 1 amide bonds. The summed E-state index contributed by atoms with van der Waals surface area (Å²) in [5.41, 5.74) is 0.763. The zero-order valence-corrected chi connectivity index (χ0v) is 12.2. The highest BCUT2D eigenvalue weighted by Gasteiger charge is 2.27. The molecule has 17 heavy (non-hydrogen) atoms. The Bertz CT molecular complexity index is 427. The molecule has 1 aromatic rings. The average molecular weight is 299 g/mol. The molecule has 1 aromatic heterocycles. The molecule has 0 aromatic carbocycles. The third kappa shape index (κ3) is 2.57. The van der Waals surface area contributed by atoms with Gasteiger partial charge in [0.05, 0.1) is 0 Å². The summed E-state index contributed by atoms with van der Waals surface area (Å²) < 4.78 is 2.84. The lowest BCUT2D eigenvalue weighted by molar-refractivity contribution is 0.0618. The number of rotatable bonds is 1. The van der Waals surface area contributed by atoms with Crippen molar-refractivity contribution in [2.24, 2.45) is 18.9 Å². The normalized spacial score (nSPS) is 25.1. The molecule has 0 saturated carbocycles. The number of hydrogen-bond acceptors (Lipinski definition) is 1. The van der Waals surface area contributed by atoms with Gasteiger partial charge in [-0.3, -0.25) is 4.79 Å². The molecule has 4 heteroatoms. The van der Waals surface area contributed by atoms with Crippen molar-refractivity contribution in [1.29, 1.82) is 0 Å². The number of halogens is 1. The Balaban J connectivity index is 2.13. The molecule has 0 aliphatic carbocycles. The molecule has 1 fully saturated rings. The molecule has 0 bridgehead atoms. The van der Waals surface area contributed by atoms with Crippen molar-refractivity contribution in [2.75, 3.05) is 13.1 Å². The minimum Gasteiger partial charge on any atom is -0.345 e. The highest BCUT2D eigenvalue weighted by Crippen LogP contribution is 2.24. The van der Waals surface area contributed by atoms with Crippen LogP contribution in [0.1, 0.15) is 30.8 Å². The van der Waals surface area contributed by atoms with Gasteiger partial charge in [0, 0.05) is 30.8 Å². The van der Waals surface area contributed by atoms with Crippen molar-refractivity contribution in [3.05, 3.63) is 22.4 Å². The minimum absolute atomic E-state index is 0.150. The van der Waals surface area contributed by atoms with Crippen LogP contribution < -0.4 is 0 Å². The predicted molar refractivity (Wildman–Crippen MR) is 72.0 cm³/mol. The summed E-state index contributed by atoms with van der Waals surface area (Å²) in [5, 5.41) is 0. The van der Waals surface area contributed by atoms with Gasteiger partial charge in [-0.15, -0.1) is 0 Å². The fourth-order valence-electron chi connectivity index (χ4n) is 2.35. The van der Waals surface area contributed by atoms with E-state index < -0.39 is 0 Å². The first-order valence-corrected chi connectivity index (χ1v) is 6.89. The quantitative estimate of drug-likeness (QED) is 0.783. The van der Waals surface area contributed by atoms with Crippen LogP contribution in [0.15, 0.2) is 16.7 Å². The lowest BCUT2D eigenvalue weighted by Crippen LogP contribution is -2.42. The summed E-state index contributed by atoms with van der Waals surface area (Å²) in [6.45, 7) is 6.26. The van der Waals surface area contributed by atoms with E-state index >= 15 is 0 Å². The van der Waals surface area contributed by atoms with Gasteiger partial charge in [-0.05, 0) is 40.3 Å². The first kappa shape index (κ1) is 12.7. The fourth-order valence-corrected chi connectivity index (χ4v) is 2.87. The van der Waals surface area contributed by atoms with E-state index in [-0.39, 0.29) is 5.91 Å². The van der Waals surface area contributed by atoms with Crippen LogP contribution in [0, 0.1) is 11.8 Å². The van der Waals surface area contributed by atoms with Crippen molar-refractivity contribution < 1.29 is 4.79 Å². The molecule has 94 valence electrons. The Morgan fingerprint density at radius 2 is 2.12 bits per heavy atom. The topological polar surface area (TPSA) is 25.2 Å².